The van der Waals surface area contributed by atoms with E-state index in [-0.39, 0.29) is 22.4 Å². The average molecular weight is 315 g/mol. The fraction of sp³-hybridized carbons (Fsp3) is 0.500. The largest absolute Gasteiger partial charge is 0.495 e. The highest BCUT2D eigenvalue weighted by Crippen LogP contribution is 2.28. The summed E-state index contributed by atoms with van der Waals surface area (Å²) in [6.45, 7) is 1.51. The van der Waals surface area contributed by atoms with Crippen molar-refractivity contribution in [3.63, 3.8) is 0 Å². The lowest BCUT2D eigenvalue weighted by molar-refractivity contribution is -0.385. The van der Waals surface area contributed by atoms with Crippen molar-refractivity contribution in [1.82, 2.24) is 10.0 Å². The second kappa shape index (κ2) is 6.37. The third kappa shape index (κ3) is 3.69. The van der Waals surface area contributed by atoms with E-state index in [1.807, 2.05) is 0 Å². The van der Waals surface area contributed by atoms with Crippen molar-refractivity contribution < 1.29 is 18.1 Å². The van der Waals surface area contributed by atoms with Crippen molar-refractivity contribution in [3.8, 4) is 5.75 Å². The maximum Gasteiger partial charge on any atom is 0.273 e. The van der Waals surface area contributed by atoms with Gasteiger partial charge in [-0.2, -0.15) is 0 Å². The summed E-state index contributed by atoms with van der Waals surface area (Å²) in [4.78, 5) is 10.0. The molecule has 1 heterocycles. The molecule has 0 aliphatic carbocycles. The van der Waals surface area contributed by atoms with Crippen LogP contribution < -0.4 is 14.8 Å². The van der Waals surface area contributed by atoms with Crippen LogP contribution in [-0.2, 0) is 10.0 Å². The van der Waals surface area contributed by atoms with Crippen LogP contribution in [0.25, 0.3) is 0 Å². The predicted octanol–water partition coefficient (Wildman–Crippen LogP) is 0.634. The maximum absolute atomic E-state index is 12.4. The van der Waals surface area contributed by atoms with Crippen LogP contribution in [0.5, 0.6) is 5.75 Å². The van der Waals surface area contributed by atoms with E-state index in [1.54, 1.807) is 0 Å². The lowest BCUT2D eigenvalue weighted by Gasteiger charge is -2.23. The van der Waals surface area contributed by atoms with Crippen molar-refractivity contribution >= 4 is 15.7 Å². The third-order valence-corrected chi connectivity index (χ3v) is 4.87. The molecule has 2 N–H and O–H groups in total. The van der Waals surface area contributed by atoms with E-state index in [0.29, 0.717) is 12.8 Å². The fourth-order valence-electron chi connectivity index (χ4n) is 2.21. The van der Waals surface area contributed by atoms with Gasteiger partial charge in [0, 0.05) is 12.1 Å². The Morgan fingerprint density at radius 2 is 2.05 bits per heavy atom. The monoisotopic (exact) mass is 315 g/mol. The first-order chi connectivity index (χ1) is 9.94. The van der Waals surface area contributed by atoms with Crippen LogP contribution in [0.2, 0.25) is 0 Å². The number of sulfonamides is 1. The lowest BCUT2D eigenvalue weighted by atomic mass is 10.1. The zero-order chi connectivity index (χ0) is 15.5. The van der Waals surface area contributed by atoms with Crippen LogP contribution >= 0.6 is 0 Å². The quantitative estimate of drug-likeness (QED) is 0.609. The first-order valence-electron chi connectivity index (χ1n) is 6.49. The highest BCUT2D eigenvalue weighted by Gasteiger charge is 2.26. The number of ether oxygens (including phenoxy) is 1. The van der Waals surface area contributed by atoms with Gasteiger partial charge in [0.15, 0.2) is 0 Å². The molecule has 1 aliphatic heterocycles. The summed E-state index contributed by atoms with van der Waals surface area (Å²) < 4.78 is 32.4. The van der Waals surface area contributed by atoms with Crippen LogP contribution in [-0.4, -0.2) is 39.6 Å². The molecule has 1 saturated heterocycles. The van der Waals surface area contributed by atoms with Crippen LogP contribution in [0.15, 0.2) is 23.1 Å². The van der Waals surface area contributed by atoms with Crippen LogP contribution in [0.3, 0.4) is 0 Å². The smallest absolute Gasteiger partial charge is 0.273 e. The Hall–Kier alpha value is -1.71. The molecule has 1 fully saturated rings. The number of nitro groups is 1. The second-order valence-electron chi connectivity index (χ2n) is 4.74. The minimum absolute atomic E-state index is 0.0364. The number of rotatable bonds is 5. The Kier molecular flexibility index (Phi) is 4.76. The van der Waals surface area contributed by atoms with Crippen molar-refractivity contribution in [2.45, 2.75) is 23.8 Å². The van der Waals surface area contributed by atoms with Crippen molar-refractivity contribution in [2.24, 2.45) is 0 Å². The number of non-ortho nitro benzene ring substituents is 1. The average Bonchev–Trinajstić information content (AvgIpc) is 2.47. The van der Waals surface area contributed by atoms with E-state index in [2.05, 4.69) is 10.0 Å². The molecule has 0 aromatic heterocycles. The Morgan fingerprint density at radius 1 is 1.38 bits per heavy atom. The minimum Gasteiger partial charge on any atom is -0.495 e. The molecule has 1 aromatic carbocycles. The van der Waals surface area contributed by atoms with E-state index >= 15 is 0 Å². The number of benzene rings is 1. The highest BCUT2D eigenvalue weighted by molar-refractivity contribution is 7.89. The predicted molar refractivity (Wildman–Crippen MR) is 75.9 cm³/mol. The normalized spacial score (nSPS) is 16.6. The number of nitrogens with zero attached hydrogens (tertiary/aromatic N) is 1. The molecule has 0 unspecified atom stereocenters. The van der Waals surface area contributed by atoms with Gasteiger partial charge in [0.2, 0.25) is 10.0 Å². The Bertz CT molecular complexity index is 626. The van der Waals surface area contributed by atoms with Crippen LogP contribution in [0.1, 0.15) is 12.8 Å². The van der Waals surface area contributed by atoms with E-state index in [9.17, 15) is 18.5 Å². The molecule has 21 heavy (non-hydrogen) atoms. The molecule has 0 atom stereocenters. The fourth-order valence-corrected chi connectivity index (χ4v) is 3.67. The number of hydrogen-bond donors (Lipinski definition) is 2. The molecule has 1 aliphatic rings. The van der Waals surface area contributed by atoms with Gasteiger partial charge in [-0.05, 0) is 32.0 Å². The minimum atomic E-state index is -3.77. The second-order valence-corrected chi connectivity index (χ2v) is 6.42. The number of hydrogen-bond acceptors (Lipinski definition) is 6. The number of methoxy groups -OCH3 is 1. The van der Waals surface area contributed by atoms with E-state index in [0.717, 1.165) is 25.2 Å². The zero-order valence-corrected chi connectivity index (χ0v) is 12.4. The molecule has 0 spiro atoms. The van der Waals surface area contributed by atoms with Gasteiger partial charge in [-0.15, -0.1) is 0 Å². The van der Waals surface area contributed by atoms with Crippen LogP contribution in [0.4, 0.5) is 5.69 Å². The molecule has 1 aromatic rings. The van der Waals surface area contributed by atoms with Gasteiger partial charge in [-0.25, -0.2) is 13.1 Å². The zero-order valence-electron chi connectivity index (χ0n) is 11.5. The summed E-state index contributed by atoms with van der Waals surface area (Å²) in [5.74, 6) is -0.0364. The van der Waals surface area contributed by atoms with Gasteiger partial charge >= 0.3 is 0 Å². The molecule has 0 radical (unpaired) electrons. The Morgan fingerprint density at radius 3 is 2.62 bits per heavy atom. The number of piperidine rings is 1. The molecule has 116 valence electrons. The van der Waals surface area contributed by atoms with Crippen molar-refractivity contribution in [3.05, 3.63) is 28.3 Å². The third-order valence-electron chi connectivity index (χ3n) is 3.31. The van der Waals surface area contributed by atoms with E-state index in [4.69, 9.17) is 4.74 Å². The molecule has 0 amide bonds. The molecule has 8 nitrogen and oxygen atoms in total. The van der Waals surface area contributed by atoms with E-state index in [1.165, 1.54) is 13.2 Å². The van der Waals surface area contributed by atoms with Crippen LogP contribution in [0, 0.1) is 10.1 Å². The summed E-state index contributed by atoms with van der Waals surface area (Å²) in [5.41, 5.74) is -0.215. The summed E-state index contributed by atoms with van der Waals surface area (Å²) in [6, 6.07) is 3.31. The Labute approximate surface area is 122 Å². The SMILES string of the molecule is COc1cc([N+](=O)[O-])ccc1S(=O)(=O)NC1CCNCC1. The van der Waals surface area contributed by atoms with Gasteiger partial charge < -0.3 is 10.1 Å². The molecular formula is C12H17N3O5S. The lowest BCUT2D eigenvalue weighted by Crippen LogP contribution is -2.42. The topological polar surface area (TPSA) is 111 Å². The summed E-state index contributed by atoms with van der Waals surface area (Å²) in [7, 11) is -2.49. The number of nitro benzene ring substituents is 1. The highest BCUT2D eigenvalue weighted by atomic mass is 32.2. The summed E-state index contributed by atoms with van der Waals surface area (Å²) in [6.07, 6.45) is 1.41. The van der Waals surface area contributed by atoms with Gasteiger partial charge in [0.1, 0.15) is 10.6 Å². The summed E-state index contributed by atoms with van der Waals surface area (Å²) in [5, 5.41) is 13.9. The molecule has 0 bridgehead atoms. The molecule has 0 saturated carbocycles. The molecule has 2 rings (SSSR count). The summed E-state index contributed by atoms with van der Waals surface area (Å²) >= 11 is 0. The van der Waals surface area contributed by atoms with Gasteiger partial charge in [0.25, 0.3) is 5.69 Å². The van der Waals surface area contributed by atoms with Crippen molar-refractivity contribution in [2.75, 3.05) is 20.2 Å². The maximum atomic E-state index is 12.4. The van der Waals surface area contributed by atoms with Gasteiger partial charge in [-0.1, -0.05) is 0 Å². The van der Waals surface area contributed by atoms with Crippen molar-refractivity contribution in [1.29, 1.82) is 0 Å². The first-order valence-corrected chi connectivity index (χ1v) is 7.98. The number of nitrogens with one attached hydrogen (secondary N) is 2. The van der Waals surface area contributed by atoms with E-state index < -0.39 is 14.9 Å². The molecule has 9 heteroatoms. The van der Waals surface area contributed by atoms with Gasteiger partial charge in [-0.3, -0.25) is 10.1 Å². The standard InChI is InChI=1S/C12H17N3O5S/c1-20-11-8-10(15(16)17)2-3-12(11)21(18,19)14-9-4-6-13-7-5-9/h2-3,8-9,13-14H,4-7H2,1H3. The van der Waals surface area contributed by atoms with Gasteiger partial charge in [0.05, 0.1) is 18.1 Å². The first kappa shape index (κ1) is 15.7. The molecular weight excluding hydrogens is 298 g/mol. The Balaban J connectivity index is 2.28.